The first kappa shape index (κ1) is 25.0. The summed E-state index contributed by atoms with van der Waals surface area (Å²) in [4.78, 5) is 24.2. The van der Waals surface area contributed by atoms with E-state index in [0.717, 1.165) is 39.7 Å². The lowest BCUT2D eigenvalue weighted by molar-refractivity contribution is -0.137. The second-order valence-electron chi connectivity index (χ2n) is 8.52. The summed E-state index contributed by atoms with van der Waals surface area (Å²) in [6.07, 6.45) is -1.66. The molecule has 36 heavy (non-hydrogen) atoms. The smallest absolute Gasteiger partial charge is 0.416 e. The summed E-state index contributed by atoms with van der Waals surface area (Å²) < 4.78 is 40.8. The van der Waals surface area contributed by atoms with E-state index in [4.69, 9.17) is 5.11 Å². The maximum atomic E-state index is 13.2. The van der Waals surface area contributed by atoms with Gasteiger partial charge in [0.05, 0.1) is 16.7 Å². The van der Waals surface area contributed by atoms with Gasteiger partial charge in [-0.15, -0.1) is 0 Å². The topological polar surface area (TPSA) is 71.3 Å². The lowest BCUT2D eigenvalue weighted by Crippen LogP contribution is -2.25. The molecule has 0 fully saturated rings. The van der Waals surface area contributed by atoms with Crippen LogP contribution in [0.15, 0.2) is 72.9 Å². The number of benzene rings is 3. The second-order valence-corrected chi connectivity index (χ2v) is 8.52. The van der Waals surface area contributed by atoms with Crippen molar-refractivity contribution in [3.63, 3.8) is 0 Å². The van der Waals surface area contributed by atoms with Crippen LogP contribution in [0.25, 0.3) is 10.9 Å². The summed E-state index contributed by atoms with van der Waals surface area (Å²) in [5.74, 6) is -1.23. The maximum Gasteiger partial charge on any atom is 0.416 e. The molecule has 1 aromatic heterocycles. The van der Waals surface area contributed by atoms with Gasteiger partial charge in [-0.25, -0.2) is 4.79 Å². The predicted octanol–water partition coefficient (Wildman–Crippen LogP) is 5.94. The average Bonchev–Trinajstić information content (AvgIpc) is 3.24. The minimum absolute atomic E-state index is 0.204. The van der Waals surface area contributed by atoms with Crippen LogP contribution in [-0.2, 0) is 25.6 Å². The van der Waals surface area contributed by atoms with Gasteiger partial charge in [0, 0.05) is 30.2 Å². The van der Waals surface area contributed by atoms with Crippen molar-refractivity contribution in [1.29, 1.82) is 0 Å². The number of carboxylic acid groups (broad SMARTS) is 1. The number of hydrogen-bond donors (Lipinski definition) is 2. The zero-order chi connectivity index (χ0) is 25.9. The van der Waals surface area contributed by atoms with Crippen LogP contribution in [0, 0.1) is 0 Å². The van der Waals surface area contributed by atoms with E-state index in [1.807, 2.05) is 29.7 Å². The molecule has 0 aliphatic rings. The molecule has 2 N–H and O–H groups in total. The largest absolute Gasteiger partial charge is 0.478 e. The van der Waals surface area contributed by atoms with Gasteiger partial charge in [0.25, 0.3) is 5.91 Å². The third kappa shape index (κ3) is 5.43. The van der Waals surface area contributed by atoms with Crippen LogP contribution in [0.5, 0.6) is 0 Å². The normalized spacial score (nSPS) is 11.6. The number of halogens is 3. The van der Waals surface area contributed by atoms with Crippen LogP contribution in [0.4, 0.5) is 13.2 Å². The molecule has 0 saturated heterocycles. The number of carboxylic acids is 1. The van der Waals surface area contributed by atoms with Crippen molar-refractivity contribution in [2.45, 2.75) is 32.5 Å². The molecule has 0 unspecified atom stereocenters. The van der Waals surface area contributed by atoms with Crippen molar-refractivity contribution >= 4 is 22.8 Å². The Kier molecular flexibility index (Phi) is 7.15. The second kappa shape index (κ2) is 10.3. The minimum Gasteiger partial charge on any atom is -0.478 e. The molecule has 0 radical (unpaired) electrons. The van der Waals surface area contributed by atoms with Gasteiger partial charge in [0.1, 0.15) is 0 Å². The molecule has 3 aromatic carbocycles. The van der Waals surface area contributed by atoms with Gasteiger partial charge in [0.2, 0.25) is 0 Å². The first-order valence-corrected chi connectivity index (χ1v) is 11.5. The number of nitrogens with zero attached hydrogens (tertiary/aromatic N) is 1. The molecule has 0 atom stereocenters. The average molecular weight is 495 g/mol. The molecule has 4 rings (SSSR count). The van der Waals surface area contributed by atoms with Crippen molar-refractivity contribution in [2.24, 2.45) is 0 Å². The molecule has 186 valence electrons. The van der Waals surface area contributed by atoms with E-state index < -0.39 is 17.7 Å². The summed E-state index contributed by atoms with van der Waals surface area (Å²) in [5.41, 5.74) is 3.38. The number of rotatable bonds is 8. The van der Waals surface area contributed by atoms with Crippen molar-refractivity contribution in [3.05, 3.63) is 106 Å². The summed E-state index contributed by atoms with van der Waals surface area (Å²) in [6.45, 7) is 3.00. The Morgan fingerprint density at radius 2 is 1.61 bits per heavy atom. The Hall–Kier alpha value is -4.07. The van der Waals surface area contributed by atoms with Gasteiger partial charge < -0.3 is 15.0 Å². The van der Waals surface area contributed by atoms with Crippen LogP contribution >= 0.6 is 0 Å². The van der Waals surface area contributed by atoms with Crippen molar-refractivity contribution in [3.8, 4) is 0 Å². The van der Waals surface area contributed by atoms with Gasteiger partial charge in [-0.2, -0.15) is 13.2 Å². The molecule has 0 spiro atoms. The standard InChI is InChI=1S/C28H25F3N2O3/c1-2-33-17-23(26(34)32-15-14-18-6-10-20(11-7-18)27(35)36)25-21(4-3-5-24(25)33)16-19-8-12-22(13-9-19)28(29,30)31/h3-13,17H,2,14-16H2,1H3,(H,32,34)(H,35,36). The fraction of sp³-hybridized carbons (Fsp3) is 0.214. The van der Waals surface area contributed by atoms with Crippen molar-refractivity contribution in [2.75, 3.05) is 6.54 Å². The SMILES string of the molecule is CCn1cc(C(=O)NCCc2ccc(C(=O)O)cc2)c2c(Cc3ccc(C(F)(F)F)cc3)cccc21. The van der Waals surface area contributed by atoms with Gasteiger partial charge in [-0.3, -0.25) is 4.79 Å². The highest BCUT2D eigenvalue weighted by Gasteiger charge is 2.30. The van der Waals surface area contributed by atoms with Gasteiger partial charge >= 0.3 is 12.1 Å². The number of aromatic nitrogens is 1. The van der Waals surface area contributed by atoms with Gasteiger partial charge in [-0.1, -0.05) is 36.4 Å². The van der Waals surface area contributed by atoms with E-state index in [0.29, 0.717) is 31.5 Å². The van der Waals surface area contributed by atoms with Crippen molar-refractivity contribution < 1.29 is 27.9 Å². The van der Waals surface area contributed by atoms with E-state index in [1.54, 1.807) is 18.3 Å². The Labute approximate surface area is 206 Å². The molecule has 5 nitrogen and oxygen atoms in total. The molecule has 8 heteroatoms. The number of aryl methyl sites for hydroxylation is 1. The summed E-state index contributed by atoms with van der Waals surface area (Å²) in [6, 6.07) is 17.3. The first-order chi connectivity index (χ1) is 17.2. The zero-order valence-electron chi connectivity index (χ0n) is 19.6. The molecule has 1 heterocycles. The number of aromatic carboxylic acids is 1. The number of fused-ring (bicyclic) bond motifs is 1. The molecular weight excluding hydrogens is 469 g/mol. The highest BCUT2D eigenvalue weighted by Crippen LogP contribution is 2.31. The Morgan fingerprint density at radius 1 is 0.944 bits per heavy atom. The van der Waals surface area contributed by atoms with Crippen LogP contribution in [-0.4, -0.2) is 28.1 Å². The first-order valence-electron chi connectivity index (χ1n) is 11.5. The maximum absolute atomic E-state index is 13.2. The van der Waals surface area contributed by atoms with Crippen LogP contribution in [0.3, 0.4) is 0 Å². The van der Waals surface area contributed by atoms with Gasteiger partial charge in [-0.05, 0) is 66.8 Å². The quantitative estimate of drug-likeness (QED) is 0.318. The Balaban J connectivity index is 1.55. The Morgan fingerprint density at radius 3 is 2.22 bits per heavy atom. The molecular formula is C28H25F3N2O3. The lowest BCUT2D eigenvalue weighted by atomic mass is 9.98. The number of hydrogen-bond acceptors (Lipinski definition) is 2. The molecule has 0 bridgehead atoms. The summed E-state index contributed by atoms with van der Waals surface area (Å²) >= 11 is 0. The fourth-order valence-corrected chi connectivity index (χ4v) is 4.27. The van der Waals surface area contributed by atoms with Gasteiger partial charge in [0.15, 0.2) is 0 Å². The van der Waals surface area contributed by atoms with E-state index >= 15 is 0 Å². The van der Waals surface area contributed by atoms with Crippen LogP contribution in [0.2, 0.25) is 0 Å². The molecule has 4 aromatic rings. The summed E-state index contributed by atoms with van der Waals surface area (Å²) in [5, 5.41) is 12.7. The highest BCUT2D eigenvalue weighted by molar-refractivity contribution is 6.08. The summed E-state index contributed by atoms with van der Waals surface area (Å²) in [7, 11) is 0. The number of carbonyl (C=O) groups is 2. The minimum atomic E-state index is -4.39. The van der Waals surface area contributed by atoms with E-state index in [2.05, 4.69) is 5.32 Å². The van der Waals surface area contributed by atoms with Crippen molar-refractivity contribution in [1.82, 2.24) is 9.88 Å². The highest BCUT2D eigenvalue weighted by atomic mass is 19.4. The molecule has 0 aliphatic heterocycles. The predicted molar refractivity (Wildman–Crippen MR) is 131 cm³/mol. The van der Waals surface area contributed by atoms with E-state index in [9.17, 15) is 22.8 Å². The van der Waals surface area contributed by atoms with Crippen LogP contribution in [0.1, 0.15) is 49.9 Å². The number of carbonyl (C=O) groups excluding carboxylic acids is 1. The molecule has 0 aliphatic carbocycles. The zero-order valence-corrected chi connectivity index (χ0v) is 19.6. The third-order valence-corrected chi connectivity index (χ3v) is 6.15. The Bertz CT molecular complexity index is 1390. The number of nitrogens with one attached hydrogen (secondary N) is 1. The van der Waals surface area contributed by atoms with E-state index in [1.165, 1.54) is 24.3 Å². The van der Waals surface area contributed by atoms with E-state index in [-0.39, 0.29) is 11.5 Å². The fourth-order valence-electron chi connectivity index (χ4n) is 4.27. The number of alkyl halides is 3. The van der Waals surface area contributed by atoms with Crippen LogP contribution < -0.4 is 5.32 Å². The monoisotopic (exact) mass is 494 g/mol. The lowest BCUT2D eigenvalue weighted by Gasteiger charge is -2.10. The molecule has 0 saturated carbocycles. The molecule has 1 amide bonds. The third-order valence-electron chi connectivity index (χ3n) is 6.15. The number of amides is 1.